The van der Waals surface area contributed by atoms with Gasteiger partial charge in [-0.3, -0.25) is 4.79 Å². The molecule has 21 heavy (non-hydrogen) atoms. The molecule has 0 aliphatic carbocycles. The van der Waals surface area contributed by atoms with Gasteiger partial charge in [0.1, 0.15) is 11.0 Å². The number of carbonyl (C=O) groups excluding carboxylic acids is 1. The van der Waals surface area contributed by atoms with Gasteiger partial charge < -0.3 is 10.4 Å². The number of rotatable bonds is 3. The van der Waals surface area contributed by atoms with E-state index in [9.17, 15) is 14.0 Å². The van der Waals surface area contributed by atoms with Gasteiger partial charge in [0.05, 0.1) is 23.0 Å². The normalized spacial score (nSPS) is 10.2. The Labute approximate surface area is 128 Å². The number of benzene rings is 1. The van der Waals surface area contributed by atoms with Crippen LogP contribution >= 0.6 is 23.2 Å². The molecule has 8 heteroatoms. The molecule has 0 saturated carbocycles. The number of nitrogens with one attached hydrogen (secondary N) is 1. The highest BCUT2D eigenvalue weighted by molar-refractivity contribution is 6.33. The van der Waals surface area contributed by atoms with Crippen LogP contribution in [0.1, 0.15) is 20.7 Å². The molecule has 1 aromatic heterocycles. The van der Waals surface area contributed by atoms with E-state index in [0.717, 1.165) is 12.3 Å². The van der Waals surface area contributed by atoms with E-state index in [-0.39, 0.29) is 27.0 Å². The van der Waals surface area contributed by atoms with Crippen LogP contribution in [0.4, 0.5) is 10.1 Å². The SMILES string of the molecule is O=C(O)c1cc(Cl)ccc1NC(=O)c1cc(F)cnc1Cl. The van der Waals surface area contributed by atoms with E-state index in [1.54, 1.807) is 0 Å². The predicted molar refractivity (Wildman–Crippen MR) is 75.6 cm³/mol. The summed E-state index contributed by atoms with van der Waals surface area (Å²) in [5.41, 5.74) is -0.392. The van der Waals surface area contributed by atoms with Gasteiger partial charge in [-0.15, -0.1) is 0 Å². The van der Waals surface area contributed by atoms with Crippen LogP contribution in [0.25, 0.3) is 0 Å². The van der Waals surface area contributed by atoms with Gasteiger partial charge in [-0.1, -0.05) is 23.2 Å². The quantitative estimate of drug-likeness (QED) is 0.845. The van der Waals surface area contributed by atoms with E-state index in [1.807, 2.05) is 0 Å². The molecular weight excluding hydrogens is 322 g/mol. The molecule has 0 unspecified atom stereocenters. The fourth-order valence-corrected chi connectivity index (χ4v) is 1.94. The summed E-state index contributed by atoms with van der Waals surface area (Å²) in [6.07, 6.45) is 0.865. The van der Waals surface area contributed by atoms with E-state index in [1.165, 1.54) is 18.2 Å². The molecule has 2 N–H and O–H groups in total. The lowest BCUT2D eigenvalue weighted by atomic mass is 10.1. The number of aromatic carboxylic acids is 1. The molecule has 2 aromatic rings. The number of carboxylic acids is 1. The first kappa shape index (κ1) is 15.2. The molecule has 0 aliphatic heterocycles. The summed E-state index contributed by atoms with van der Waals surface area (Å²) >= 11 is 11.4. The third-order valence-electron chi connectivity index (χ3n) is 2.51. The Morgan fingerprint density at radius 2 is 1.90 bits per heavy atom. The number of amides is 1. The van der Waals surface area contributed by atoms with Crippen molar-refractivity contribution >= 4 is 40.8 Å². The zero-order chi connectivity index (χ0) is 15.6. The maximum absolute atomic E-state index is 13.1. The first-order valence-corrected chi connectivity index (χ1v) is 6.29. The van der Waals surface area contributed by atoms with Gasteiger partial charge in [-0.25, -0.2) is 14.2 Å². The Morgan fingerprint density at radius 3 is 2.57 bits per heavy atom. The Bertz CT molecular complexity index is 737. The molecule has 0 atom stereocenters. The van der Waals surface area contributed by atoms with Gasteiger partial charge in [0.2, 0.25) is 0 Å². The van der Waals surface area contributed by atoms with Crippen LogP contribution in [0.3, 0.4) is 0 Å². The molecule has 108 valence electrons. The minimum Gasteiger partial charge on any atom is -0.478 e. The number of halogens is 3. The summed E-state index contributed by atoms with van der Waals surface area (Å²) in [6.45, 7) is 0. The minimum atomic E-state index is -1.27. The fourth-order valence-electron chi connectivity index (χ4n) is 1.57. The second kappa shape index (κ2) is 6.07. The Balaban J connectivity index is 2.36. The monoisotopic (exact) mass is 328 g/mol. The highest BCUT2D eigenvalue weighted by Gasteiger charge is 2.17. The Hall–Kier alpha value is -2.18. The van der Waals surface area contributed by atoms with E-state index in [2.05, 4.69) is 10.3 Å². The lowest BCUT2D eigenvalue weighted by molar-refractivity contribution is 0.0698. The highest BCUT2D eigenvalue weighted by atomic mass is 35.5. The molecule has 1 aromatic carbocycles. The molecule has 0 spiro atoms. The van der Waals surface area contributed by atoms with Gasteiger partial charge in [0.15, 0.2) is 0 Å². The number of carboxylic acid groups (broad SMARTS) is 1. The molecule has 0 aliphatic rings. The summed E-state index contributed by atoms with van der Waals surface area (Å²) in [6, 6.07) is 4.82. The molecule has 2 rings (SSSR count). The van der Waals surface area contributed by atoms with Crippen molar-refractivity contribution in [2.75, 3.05) is 5.32 Å². The van der Waals surface area contributed by atoms with Gasteiger partial charge in [0.25, 0.3) is 5.91 Å². The van der Waals surface area contributed by atoms with Gasteiger partial charge in [-0.2, -0.15) is 0 Å². The van der Waals surface area contributed by atoms with Crippen molar-refractivity contribution in [2.24, 2.45) is 0 Å². The zero-order valence-corrected chi connectivity index (χ0v) is 11.7. The smallest absolute Gasteiger partial charge is 0.337 e. The molecule has 0 bridgehead atoms. The zero-order valence-electron chi connectivity index (χ0n) is 10.2. The number of anilines is 1. The molecule has 0 fully saturated rings. The molecule has 0 radical (unpaired) electrons. The van der Waals surface area contributed by atoms with Crippen LogP contribution < -0.4 is 5.32 Å². The number of nitrogens with zero attached hydrogens (tertiary/aromatic N) is 1. The lowest BCUT2D eigenvalue weighted by Crippen LogP contribution is -2.16. The van der Waals surface area contributed by atoms with Crippen LogP contribution in [0, 0.1) is 5.82 Å². The van der Waals surface area contributed by atoms with Crippen LogP contribution in [-0.4, -0.2) is 22.0 Å². The van der Waals surface area contributed by atoms with E-state index in [0.29, 0.717) is 0 Å². The number of aromatic nitrogens is 1. The third-order valence-corrected chi connectivity index (χ3v) is 3.05. The van der Waals surface area contributed by atoms with Crippen LogP contribution in [-0.2, 0) is 0 Å². The fraction of sp³-hybridized carbons (Fsp3) is 0. The van der Waals surface area contributed by atoms with Crippen molar-refractivity contribution < 1.29 is 19.1 Å². The topological polar surface area (TPSA) is 79.3 Å². The predicted octanol–water partition coefficient (Wildman–Crippen LogP) is 3.48. The summed E-state index contributed by atoms with van der Waals surface area (Å²) < 4.78 is 13.1. The second-order valence-electron chi connectivity index (χ2n) is 3.94. The van der Waals surface area contributed by atoms with Gasteiger partial charge >= 0.3 is 5.97 Å². The number of hydrogen-bond donors (Lipinski definition) is 2. The first-order chi connectivity index (χ1) is 9.88. The highest BCUT2D eigenvalue weighted by Crippen LogP contribution is 2.22. The molecule has 5 nitrogen and oxygen atoms in total. The molecule has 1 amide bonds. The molecular formula is C13H7Cl2FN2O3. The maximum Gasteiger partial charge on any atom is 0.337 e. The average Bonchev–Trinajstić information content (AvgIpc) is 2.43. The first-order valence-electron chi connectivity index (χ1n) is 5.53. The molecule has 1 heterocycles. The standard InChI is InChI=1S/C13H7Cl2FN2O3/c14-6-1-2-10(8(3-6)13(20)21)18-12(19)9-4-7(16)5-17-11(9)15/h1-5H,(H,18,19)(H,20,21). The van der Waals surface area contributed by atoms with Crippen molar-refractivity contribution in [1.82, 2.24) is 4.98 Å². The minimum absolute atomic E-state index is 0.0113. The van der Waals surface area contributed by atoms with Crippen LogP contribution in [0.2, 0.25) is 10.2 Å². The largest absolute Gasteiger partial charge is 0.478 e. The third kappa shape index (κ3) is 3.48. The van der Waals surface area contributed by atoms with Crippen molar-refractivity contribution in [3.63, 3.8) is 0 Å². The average molecular weight is 329 g/mol. The Kier molecular flexibility index (Phi) is 4.40. The van der Waals surface area contributed by atoms with E-state index < -0.39 is 17.7 Å². The van der Waals surface area contributed by atoms with Crippen LogP contribution in [0.5, 0.6) is 0 Å². The summed E-state index contributed by atoms with van der Waals surface area (Å²) in [7, 11) is 0. The van der Waals surface area contributed by atoms with Gasteiger partial charge in [0, 0.05) is 5.02 Å². The van der Waals surface area contributed by atoms with E-state index >= 15 is 0 Å². The second-order valence-corrected chi connectivity index (χ2v) is 4.74. The lowest BCUT2D eigenvalue weighted by Gasteiger charge is -2.09. The number of carbonyl (C=O) groups is 2. The van der Waals surface area contributed by atoms with Crippen molar-refractivity contribution in [3.05, 3.63) is 57.6 Å². The van der Waals surface area contributed by atoms with Crippen molar-refractivity contribution in [1.29, 1.82) is 0 Å². The maximum atomic E-state index is 13.1. The van der Waals surface area contributed by atoms with Crippen molar-refractivity contribution in [2.45, 2.75) is 0 Å². The van der Waals surface area contributed by atoms with Crippen LogP contribution in [0.15, 0.2) is 30.5 Å². The van der Waals surface area contributed by atoms with Gasteiger partial charge in [-0.05, 0) is 24.3 Å². The molecule has 0 saturated heterocycles. The van der Waals surface area contributed by atoms with Crippen molar-refractivity contribution in [3.8, 4) is 0 Å². The summed E-state index contributed by atoms with van der Waals surface area (Å²) in [5, 5.41) is 11.4. The summed E-state index contributed by atoms with van der Waals surface area (Å²) in [4.78, 5) is 26.6. The number of pyridine rings is 1. The Morgan fingerprint density at radius 1 is 1.19 bits per heavy atom. The van der Waals surface area contributed by atoms with E-state index in [4.69, 9.17) is 28.3 Å². The number of hydrogen-bond acceptors (Lipinski definition) is 3. The summed E-state index contributed by atoms with van der Waals surface area (Å²) in [5.74, 6) is -2.78.